The van der Waals surface area contributed by atoms with Crippen LogP contribution in [-0.2, 0) is 9.47 Å². The number of nitro groups is 1. The number of rotatable bonds is 4. The average molecular weight is 204 g/mol. The summed E-state index contributed by atoms with van der Waals surface area (Å²) in [7, 11) is 2.91. The topological polar surface area (TPSA) is 89.2 Å². The first-order valence-electron chi connectivity index (χ1n) is 3.98. The minimum Gasteiger partial charge on any atom is -0.349 e. The lowest BCUT2D eigenvalue weighted by atomic mass is 10.6. The molecule has 8 nitrogen and oxygen atoms in total. The van der Waals surface area contributed by atoms with Crippen LogP contribution in [0.25, 0.3) is 0 Å². The fraction of sp³-hybridized carbons (Fsp3) is 0.833. The van der Waals surface area contributed by atoms with Gasteiger partial charge in [-0.1, -0.05) is 0 Å². The summed E-state index contributed by atoms with van der Waals surface area (Å²) >= 11 is 0. The number of nitrogens with zero attached hydrogens (tertiary/aromatic N) is 3. The Bertz CT molecular complexity index is 240. The van der Waals surface area contributed by atoms with Crippen LogP contribution in [0.3, 0.4) is 0 Å². The molecule has 1 aliphatic rings. The number of methoxy groups -OCH3 is 2. The molecular weight excluding hydrogens is 192 g/mol. The van der Waals surface area contributed by atoms with E-state index in [0.29, 0.717) is 13.1 Å². The summed E-state index contributed by atoms with van der Waals surface area (Å²) in [5.41, 5.74) is 0. The van der Waals surface area contributed by atoms with Gasteiger partial charge in [-0.25, -0.2) is 10.1 Å². The van der Waals surface area contributed by atoms with Crippen molar-refractivity contribution < 1.29 is 14.5 Å². The molecule has 80 valence electrons. The van der Waals surface area contributed by atoms with Crippen LogP contribution in [0.15, 0.2) is 5.10 Å². The largest absolute Gasteiger partial charge is 0.349 e. The van der Waals surface area contributed by atoms with Crippen molar-refractivity contribution in [3.63, 3.8) is 0 Å². The number of hydrogen-bond acceptors (Lipinski definition) is 4. The van der Waals surface area contributed by atoms with Crippen LogP contribution in [-0.4, -0.2) is 49.6 Å². The summed E-state index contributed by atoms with van der Waals surface area (Å²) in [6, 6.07) is 0. The predicted octanol–water partition coefficient (Wildman–Crippen LogP) is -0.984. The first-order valence-corrected chi connectivity index (χ1v) is 3.98. The van der Waals surface area contributed by atoms with E-state index in [1.807, 2.05) is 0 Å². The molecule has 0 bridgehead atoms. The minimum atomic E-state index is -0.761. The molecule has 8 heteroatoms. The molecule has 0 spiro atoms. The summed E-state index contributed by atoms with van der Waals surface area (Å²) in [5.74, 6) is 0.156. The Kier molecular flexibility index (Phi) is 3.60. The molecule has 0 amide bonds. The highest BCUT2D eigenvalue weighted by Gasteiger charge is 2.28. The van der Waals surface area contributed by atoms with E-state index in [1.165, 1.54) is 19.1 Å². The van der Waals surface area contributed by atoms with Crippen molar-refractivity contribution in [3.8, 4) is 0 Å². The van der Waals surface area contributed by atoms with Gasteiger partial charge < -0.3 is 14.8 Å². The van der Waals surface area contributed by atoms with Gasteiger partial charge in [0.05, 0.1) is 0 Å². The molecule has 1 fully saturated rings. The van der Waals surface area contributed by atoms with E-state index in [4.69, 9.17) is 9.47 Å². The number of nitrogens with one attached hydrogen (secondary N) is 1. The summed E-state index contributed by atoms with van der Waals surface area (Å²) in [5, 5.41) is 15.3. The summed E-state index contributed by atoms with van der Waals surface area (Å²) in [4.78, 5) is 11.7. The van der Waals surface area contributed by atoms with Crippen LogP contribution in [0.5, 0.6) is 0 Å². The van der Waals surface area contributed by atoms with E-state index in [1.54, 1.807) is 0 Å². The first-order chi connectivity index (χ1) is 6.69. The number of ether oxygens (including phenoxy) is 2. The van der Waals surface area contributed by atoms with E-state index in [2.05, 4.69) is 10.4 Å². The van der Waals surface area contributed by atoms with E-state index in [0.717, 1.165) is 0 Å². The number of hydrazone groups is 1. The molecule has 14 heavy (non-hydrogen) atoms. The van der Waals surface area contributed by atoms with Crippen molar-refractivity contribution in [2.45, 2.75) is 6.41 Å². The summed E-state index contributed by atoms with van der Waals surface area (Å²) < 4.78 is 9.91. The van der Waals surface area contributed by atoms with Gasteiger partial charge in [-0.3, -0.25) is 4.90 Å². The normalized spacial score (nSPS) is 19.1. The lowest BCUT2D eigenvalue weighted by Gasteiger charge is -2.23. The maximum Gasteiger partial charge on any atom is 0.275 e. The van der Waals surface area contributed by atoms with Crippen molar-refractivity contribution in [2.24, 2.45) is 5.10 Å². The van der Waals surface area contributed by atoms with Crippen LogP contribution < -0.4 is 5.32 Å². The second kappa shape index (κ2) is 4.72. The van der Waals surface area contributed by atoms with E-state index < -0.39 is 11.4 Å². The van der Waals surface area contributed by atoms with Gasteiger partial charge in [-0.15, -0.1) is 0 Å². The van der Waals surface area contributed by atoms with E-state index >= 15 is 0 Å². The maximum atomic E-state index is 10.2. The molecule has 0 aromatic carbocycles. The molecule has 0 aromatic heterocycles. The highest BCUT2D eigenvalue weighted by molar-refractivity contribution is 5.81. The van der Waals surface area contributed by atoms with Crippen LogP contribution in [0.2, 0.25) is 0 Å². The molecule has 1 aliphatic heterocycles. The lowest BCUT2D eigenvalue weighted by molar-refractivity contribution is -0.486. The first kappa shape index (κ1) is 10.7. The van der Waals surface area contributed by atoms with Gasteiger partial charge in [-0.2, -0.15) is 0 Å². The Morgan fingerprint density at radius 3 is 2.79 bits per heavy atom. The summed E-state index contributed by atoms with van der Waals surface area (Å²) in [6.45, 7) is 1.13. The van der Waals surface area contributed by atoms with Gasteiger partial charge in [0.15, 0.2) is 5.03 Å². The smallest absolute Gasteiger partial charge is 0.275 e. The van der Waals surface area contributed by atoms with Crippen LogP contribution in [0.4, 0.5) is 0 Å². The third-order valence-electron chi connectivity index (χ3n) is 1.74. The Morgan fingerprint density at radius 2 is 2.29 bits per heavy atom. The van der Waals surface area contributed by atoms with Crippen molar-refractivity contribution in [1.29, 1.82) is 0 Å². The predicted molar refractivity (Wildman–Crippen MR) is 46.9 cm³/mol. The summed E-state index contributed by atoms with van der Waals surface area (Å²) in [6.07, 6.45) is -0.649. The Labute approximate surface area is 80.6 Å². The number of hydrogen-bond donors (Lipinski definition) is 1. The second-order valence-electron chi connectivity index (χ2n) is 2.56. The SMILES string of the molecule is COC(OC)N1CCN/C1=N\[N+](=O)[O-]. The van der Waals surface area contributed by atoms with Gasteiger partial charge >= 0.3 is 0 Å². The fourth-order valence-corrected chi connectivity index (χ4v) is 1.22. The fourth-order valence-electron chi connectivity index (χ4n) is 1.22. The standard InChI is InChI=1S/C6H12N4O4/c1-13-6(14-2)9-4-3-7-5(9)8-10(11)12/h6H,3-4H2,1-2H3,(H,7,8). The third kappa shape index (κ3) is 2.30. The van der Waals surface area contributed by atoms with Gasteiger partial charge in [0.1, 0.15) is 5.10 Å². The molecule has 0 saturated carbocycles. The van der Waals surface area contributed by atoms with E-state index in [9.17, 15) is 10.1 Å². The molecular formula is C6H12N4O4. The quantitative estimate of drug-likeness (QED) is 0.359. The monoisotopic (exact) mass is 204 g/mol. The van der Waals surface area contributed by atoms with Gasteiger partial charge in [0.2, 0.25) is 6.41 Å². The molecule has 0 aromatic rings. The molecule has 0 atom stereocenters. The molecule has 0 aliphatic carbocycles. The molecule has 1 saturated heterocycles. The lowest BCUT2D eigenvalue weighted by Crippen LogP contribution is -2.41. The van der Waals surface area contributed by atoms with E-state index in [-0.39, 0.29) is 5.96 Å². The van der Waals surface area contributed by atoms with Crippen LogP contribution >= 0.6 is 0 Å². The zero-order valence-electron chi connectivity index (χ0n) is 7.97. The van der Waals surface area contributed by atoms with Gasteiger partial charge in [-0.05, 0) is 0 Å². The zero-order valence-corrected chi connectivity index (χ0v) is 7.97. The average Bonchev–Trinajstić information content (AvgIpc) is 2.55. The Balaban J connectivity index is 2.72. The second-order valence-corrected chi connectivity index (χ2v) is 2.56. The molecule has 1 heterocycles. The Hall–Kier alpha value is -1.41. The maximum absolute atomic E-state index is 10.2. The molecule has 1 N–H and O–H groups in total. The molecule has 0 unspecified atom stereocenters. The highest BCUT2D eigenvalue weighted by Crippen LogP contribution is 2.05. The van der Waals surface area contributed by atoms with Crippen LogP contribution in [0.1, 0.15) is 0 Å². The minimum absolute atomic E-state index is 0.156. The van der Waals surface area contributed by atoms with Crippen molar-refractivity contribution in [3.05, 3.63) is 10.1 Å². The van der Waals surface area contributed by atoms with Crippen molar-refractivity contribution in [1.82, 2.24) is 10.2 Å². The highest BCUT2D eigenvalue weighted by atomic mass is 16.7. The Morgan fingerprint density at radius 1 is 1.64 bits per heavy atom. The van der Waals surface area contributed by atoms with Gasteiger partial charge in [0.25, 0.3) is 5.96 Å². The van der Waals surface area contributed by atoms with Gasteiger partial charge in [0, 0.05) is 27.3 Å². The molecule has 1 rings (SSSR count). The van der Waals surface area contributed by atoms with Crippen LogP contribution in [0, 0.1) is 10.1 Å². The van der Waals surface area contributed by atoms with Crippen molar-refractivity contribution in [2.75, 3.05) is 27.3 Å². The third-order valence-corrected chi connectivity index (χ3v) is 1.74. The zero-order chi connectivity index (χ0) is 10.6. The van der Waals surface area contributed by atoms with Crippen molar-refractivity contribution >= 4 is 5.96 Å². The molecule has 0 radical (unpaired) electrons. The number of guanidine groups is 1.